The van der Waals surface area contributed by atoms with Crippen molar-refractivity contribution >= 4 is 46.6 Å². The van der Waals surface area contributed by atoms with Crippen molar-refractivity contribution in [1.29, 1.82) is 0 Å². The Morgan fingerprint density at radius 1 is 1.19 bits per heavy atom. The van der Waals surface area contributed by atoms with E-state index in [0.29, 0.717) is 15.8 Å². The number of hydrogen-bond acceptors (Lipinski definition) is 2. The second-order valence-corrected chi connectivity index (χ2v) is 6.76. The maximum Gasteiger partial charge on any atom is 0.238 e. The Balaban J connectivity index is 2.06. The van der Waals surface area contributed by atoms with Gasteiger partial charge in [-0.05, 0) is 30.7 Å². The highest BCUT2D eigenvalue weighted by Gasteiger charge is 2.35. The van der Waals surface area contributed by atoms with Gasteiger partial charge in [-0.25, -0.2) is 0 Å². The number of hydrogen-bond donors (Lipinski definition) is 0. The van der Waals surface area contributed by atoms with Gasteiger partial charge in [0.05, 0.1) is 15.8 Å². The van der Waals surface area contributed by atoms with Crippen molar-refractivity contribution in [2.24, 2.45) is 0 Å². The van der Waals surface area contributed by atoms with Crippen LogP contribution in [0.2, 0.25) is 10.0 Å². The summed E-state index contributed by atoms with van der Waals surface area (Å²) in [5.74, 6) is 0.535. The fourth-order valence-corrected chi connectivity index (χ4v) is 4.10. The number of amides is 1. The van der Waals surface area contributed by atoms with Gasteiger partial charge >= 0.3 is 0 Å². The smallest absolute Gasteiger partial charge is 0.238 e. The third kappa shape index (κ3) is 2.78. The van der Waals surface area contributed by atoms with Gasteiger partial charge in [-0.15, -0.1) is 11.8 Å². The van der Waals surface area contributed by atoms with E-state index in [1.807, 2.05) is 43.3 Å². The van der Waals surface area contributed by atoms with E-state index in [1.165, 1.54) is 0 Å². The lowest BCUT2D eigenvalue weighted by Crippen LogP contribution is -2.28. The minimum absolute atomic E-state index is 0.0895. The molecule has 3 rings (SSSR count). The van der Waals surface area contributed by atoms with E-state index in [2.05, 4.69) is 0 Å². The molecule has 5 heteroatoms. The van der Waals surface area contributed by atoms with Crippen molar-refractivity contribution in [3.05, 3.63) is 63.6 Å². The first kappa shape index (κ1) is 14.8. The van der Waals surface area contributed by atoms with Crippen LogP contribution >= 0.6 is 35.0 Å². The van der Waals surface area contributed by atoms with Gasteiger partial charge in [-0.1, -0.05) is 47.5 Å². The summed E-state index contributed by atoms with van der Waals surface area (Å²) in [6.45, 7) is 2.01. The molecule has 0 aromatic heterocycles. The molecule has 0 N–H and O–H groups in total. The van der Waals surface area contributed by atoms with Gasteiger partial charge < -0.3 is 0 Å². The molecule has 0 radical (unpaired) electrons. The van der Waals surface area contributed by atoms with Crippen LogP contribution in [0, 0.1) is 6.92 Å². The summed E-state index contributed by atoms with van der Waals surface area (Å²) in [5.41, 5.74) is 2.89. The Hall–Kier alpha value is -1.16. The third-order valence-corrected chi connectivity index (χ3v) is 5.42. The van der Waals surface area contributed by atoms with E-state index in [9.17, 15) is 4.79 Å². The lowest BCUT2D eigenvalue weighted by molar-refractivity contribution is -0.115. The van der Waals surface area contributed by atoms with Crippen molar-refractivity contribution in [2.75, 3.05) is 10.7 Å². The van der Waals surface area contributed by atoms with Gasteiger partial charge in [0, 0.05) is 11.3 Å². The number of nitrogens with zero attached hydrogens (tertiary/aromatic N) is 1. The Labute approximate surface area is 138 Å². The molecule has 2 nitrogen and oxygen atoms in total. The summed E-state index contributed by atoms with van der Waals surface area (Å²) in [4.78, 5) is 14.1. The number of aryl methyl sites for hydroxylation is 1. The summed E-state index contributed by atoms with van der Waals surface area (Å²) in [6, 6.07) is 13.5. The Morgan fingerprint density at radius 3 is 2.71 bits per heavy atom. The summed E-state index contributed by atoms with van der Waals surface area (Å²) in [7, 11) is 0. The van der Waals surface area contributed by atoms with Crippen LogP contribution in [0.5, 0.6) is 0 Å². The maximum atomic E-state index is 12.3. The number of carbonyl (C=O) groups excluding carboxylic acids is 1. The zero-order valence-corrected chi connectivity index (χ0v) is 13.7. The quantitative estimate of drug-likeness (QED) is 0.761. The average Bonchev–Trinajstić information content (AvgIpc) is 2.83. The van der Waals surface area contributed by atoms with Gasteiger partial charge in [0.1, 0.15) is 5.37 Å². The minimum atomic E-state index is -0.134. The summed E-state index contributed by atoms with van der Waals surface area (Å²) in [5, 5.41) is 0.896. The number of benzene rings is 2. The molecule has 108 valence electrons. The lowest BCUT2D eigenvalue weighted by atomic mass is 10.1. The van der Waals surface area contributed by atoms with Crippen LogP contribution in [0.1, 0.15) is 16.5 Å². The fraction of sp³-hybridized carbons (Fsp3) is 0.188. The van der Waals surface area contributed by atoms with Gasteiger partial charge in [0.2, 0.25) is 5.91 Å². The number of anilines is 1. The lowest BCUT2D eigenvalue weighted by Gasteiger charge is -2.25. The topological polar surface area (TPSA) is 20.3 Å². The second-order valence-electron chi connectivity index (χ2n) is 4.91. The molecule has 1 saturated heterocycles. The molecule has 1 aliphatic rings. The second kappa shape index (κ2) is 5.91. The third-order valence-electron chi connectivity index (χ3n) is 3.40. The monoisotopic (exact) mass is 337 g/mol. The molecule has 1 fully saturated rings. The summed E-state index contributed by atoms with van der Waals surface area (Å²) < 4.78 is 0. The van der Waals surface area contributed by atoms with E-state index < -0.39 is 0 Å². The van der Waals surface area contributed by atoms with E-state index in [1.54, 1.807) is 22.7 Å². The molecule has 0 aliphatic carbocycles. The van der Waals surface area contributed by atoms with Crippen molar-refractivity contribution in [3.8, 4) is 0 Å². The molecular weight excluding hydrogens is 325 g/mol. The van der Waals surface area contributed by atoms with Gasteiger partial charge in [-0.3, -0.25) is 9.69 Å². The Morgan fingerprint density at radius 2 is 1.95 bits per heavy atom. The number of halogens is 2. The molecule has 21 heavy (non-hydrogen) atoms. The van der Waals surface area contributed by atoms with Crippen molar-refractivity contribution < 1.29 is 4.79 Å². The van der Waals surface area contributed by atoms with E-state index in [-0.39, 0.29) is 11.3 Å². The predicted octanol–water partition coefficient (Wildman–Crippen LogP) is 5.08. The molecule has 1 heterocycles. The van der Waals surface area contributed by atoms with E-state index >= 15 is 0 Å². The molecule has 1 atom stereocenters. The molecule has 2 aromatic rings. The van der Waals surface area contributed by atoms with Crippen molar-refractivity contribution in [3.63, 3.8) is 0 Å². The minimum Gasteiger partial charge on any atom is -0.295 e. The van der Waals surface area contributed by atoms with Gasteiger partial charge in [-0.2, -0.15) is 0 Å². The van der Waals surface area contributed by atoms with Crippen molar-refractivity contribution in [2.45, 2.75) is 12.3 Å². The molecular formula is C16H13Cl2NOS. The van der Waals surface area contributed by atoms with Gasteiger partial charge in [0.25, 0.3) is 0 Å². The Bertz CT molecular complexity index is 704. The highest BCUT2D eigenvalue weighted by atomic mass is 35.5. The standard InChI is InChI=1S/C16H13Cl2NOS/c1-10-4-2-5-11(8-10)19-14(20)9-21-16(19)12-6-3-7-13(17)15(12)18/h2-8,16H,9H2,1H3/t16-/m0/s1. The van der Waals surface area contributed by atoms with E-state index in [4.69, 9.17) is 23.2 Å². The van der Waals surface area contributed by atoms with Crippen LogP contribution in [0.25, 0.3) is 0 Å². The number of thioether (sulfide) groups is 1. The average molecular weight is 338 g/mol. The fourth-order valence-electron chi connectivity index (χ4n) is 2.42. The van der Waals surface area contributed by atoms with Crippen LogP contribution in [0.3, 0.4) is 0 Å². The molecule has 2 aromatic carbocycles. The normalized spacial score (nSPS) is 18.3. The first-order chi connectivity index (χ1) is 10.1. The Kier molecular flexibility index (Phi) is 4.16. The SMILES string of the molecule is Cc1cccc(N2C(=O)CS[C@H]2c2cccc(Cl)c2Cl)c1. The molecule has 0 bridgehead atoms. The molecule has 1 aliphatic heterocycles. The van der Waals surface area contributed by atoms with Crippen LogP contribution < -0.4 is 4.90 Å². The van der Waals surface area contributed by atoms with Crippen LogP contribution in [-0.2, 0) is 4.79 Å². The molecule has 1 amide bonds. The highest BCUT2D eigenvalue weighted by molar-refractivity contribution is 8.00. The molecule has 0 unspecified atom stereocenters. The molecule has 0 saturated carbocycles. The molecule has 0 spiro atoms. The first-order valence-corrected chi connectivity index (χ1v) is 8.32. The summed E-state index contributed by atoms with van der Waals surface area (Å²) in [6.07, 6.45) is 0. The van der Waals surface area contributed by atoms with Crippen LogP contribution in [0.4, 0.5) is 5.69 Å². The summed E-state index contributed by atoms with van der Waals surface area (Å²) >= 11 is 14.0. The predicted molar refractivity (Wildman–Crippen MR) is 90.3 cm³/mol. The largest absolute Gasteiger partial charge is 0.295 e. The highest BCUT2D eigenvalue weighted by Crippen LogP contribution is 2.45. The number of carbonyl (C=O) groups is 1. The maximum absolute atomic E-state index is 12.3. The van der Waals surface area contributed by atoms with E-state index in [0.717, 1.165) is 16.8 Å². The van der Waals surface area contributed by atoms with Crippen LogP contribution in [-0.4, -0.2) is 11.7 Å². The zero-order chi connectivity index (χ0) is 15.0. The first-order valence-electron chi connectivity index (χ1n) is 6.52. The van der Waals surface area contributed by atoms with Crippen LogP contribution in [0.15, 0.2) is 42.5 Å². The zero-order valence-electron chi connectivity index (χ0n) is 11.3. The number of rotatable bonds is 2. The van der Waals surface area contributed by atoms with Gasteiger partial charge in [0.15, 0.2) is 0 Å². The van der Waals surface area contributed by atoms with Crippen molar-refractivity contribution in [1.82, 2.24) is 0 Å².